The number of likely N-dealkylation sites (N-methyl/N-ethyl adjacent to an activating group) is 1. The number of hydrogen-bond donors (Lipinski definition) is 1. The first-order chi connectivity index (χ1) is 14.1. The lowest BCUT2D eigenvalue weighted by molar-refractivity contribution is -0.385. The second kappa shape index (κ2) is 9.25. The van der Waals surface area contributed by atoms with Crippen LogP contribution in [0.4, 0.5) is 24.5 Å². The number of carbonyl (C=O) groups is 2. The van der Waals surface area contributed by atoms with Gasteiger partial charge in [0.05, 0.1) is 23.3 Å². The predicted molar refractivity (Wildman–Crippen MR) is 101 cm³/mol. The summed E-state index contributed by atoms with van der Waals surface area (Å²) in [5.74, 6) is -1.58. The molecule has 0 unspecified atom stereocenters. The van der Waals surface area contributed by atoms with E-state index in [1.165, 1.54) is 31.4 Å². The van der Waals surface area contributed by atoms with Gasteiger partial charge in [0.15, 0.2) is 5.75 Å². The second-order valence-electron chi connectivity index (χ2n) is 6.05. The number of nitrogens with one attached hydrogen (secondary N) is 1. The van der Waals surface area contributed by atoms with Gasteiger partial charge in [0.2, 0.25) is 5.91 Å². The third-order valence-electron chi connectivity index (χ3n) is 4.13. The van der Waals surface area contributed by atoms with Crippen LogP contribution in [0.25, 0.3) is 0 Å². The zero-order valence-corrected chi connectivity index (χ0v) is 16.0. The number of benzene rings is 2. The van der Waals surface area contributed by atoms with E-state index >= 15 is 0 Å². The van der Waals surface area contributed by atoms with Crippen LogP contribution in [0.2, 0.25) is 0 Å². The summed E-state index contributed by atoms with van der Waals surface area (Å²) in [4.78, 5) is 36.4. The third-order valence-corrected chi connectivity index (χ3v) is 4.13. The number of nitrogens with zero attached hydrogens (tertiary/aromatic N) is 2. The van der Waals surface area contributed by atoms with E-state index in [1.807, 2.05) is 0 Å². The summed E-state index contributed by atoms with van der Waals surface area (Å²) in [5, 5.41) is 13.3. The van der Waals surface area contributed by atoms with Gasteiger partial charge in [-0.05, 0) is 31.2 Å². The lowest BCUT2D eigenvalue weighted by atomic mass is 10.1. The summed E-state index contributed by atoms with van der Waals surface area (Å²) in [6.07, 6.45) is -4.66. The van der Waals surface area contributed by atoms with Gasteiger partial charge in [-0.25, -0.2) is 0 Å². The van der Waals surface area contributed by atoms with E-state index in [9.17, 15) is 32.9 Å². The topological polar surface area (TPSA) is 102 Å². The van der Waals surface area contributed by atoms with Gasteiger partial charge in [0.1, 0.15) is 6.54 Å². The number of methoxy groups -OCH3 is 1. The minimum Gasteiger partial charge on any atom is -0.490 e. The molecule has 0 spiro atoms. The number of rotatable bonds is 7. The molecular weight excluding hydrogens is 407 g/mol. The molecule has 0 bridgehead atoms. The van der Waals surface area contributed by atoms with E-state index in [2.05, 4.69) is 5.32 Å². The number of amides is 2. The molecule has 0 atom stereocenters. The maximum atomic E-state index is 13.1. The van der Waals surface area contributed by atoms with Crippen LogP contribution in [0.5, 0.6) is 5.75 Å². The minimum atomic E-state index is -4.66. The number of nitro benzene ring substituents is 1. The largest absolute Gasteiger partial charge is 0.490 e. The molecule has 0 radical (unpaired) electrons. The molecule has 0 aliphatic rings. The first kappa shape index (κ1) is 22.7. The Morgan fingerprint density at radius 2 is 1.87 bits per heavy atom. The van der Waals surface area contributed by atoms with E-state index in [4.69, 9.17) is 4.74 Å². The minimum absolute atomic E-state index is 0.0406. The molecule has 0 saturated carbocycles. The van der Waals surface area contributed by atoms with Crippen molar-refractivity contribution < 1.29 is 32.4 Å². The van der Waals surface area contributed by atoms with Crippen LogP contribution < -0.4 is 10.1 Å². The predicted octanol–water partition coefficient (Wildman–Crippen LogP) is 3.72. The maximum absolute atomic E-state index is 13.1. The van der Waals surface area contributed by atoms with Crippen molar-refractivity contribution in [3.63, 3.8) is 0 Å². The van der Waals surface area contributed by atoms with Gasteiger partial charge in [-0.2, -0.15) is 13.2 Å². The molecule has 30 heavy (non-hydrogen) atoms. The van der Waals surface area contributed by atoms with Crippen LogP contribution in [-0.2, 0) is 11.0 Å². The van der Waals surface area contributed by atoms with Crippen LogP contribution in [0, 0.1) is 10.1 Å². The third kappa shape index (κ3) is 5.25. The van der Waals surface area contributed by atoms with E-state index in [1.54, 1.807) is 6.92 Å². The van der Waals surface area contributed by atoms with Crippen LogP contribution in [0.3, 0.4) is 0 Å². The first-order valence-corrected chi connectivity index (χ1v) is 8.66. The van der Waals surface area contributed by atoms with E-state index in [0.29, 0.717) is 0 Å². The summed E-state index contributed by atoms with van der Waals surface area (Å²) in [6, 6.07) is 8.02. The van der Waals surface area contributed by atoms with Crippen molar-refractivity contribution in [3.05, 3.63) is 63.7 Å². The molecule has 2 aromatic carbocycles. The Kier molecular flexibility index (Phi) is 6.98. The highest BCUT2D eigenvalue weighted by Gasteiger charge is 2.33. The number of ether oxygens (including phenoxy) is 1. The molecule has 0 heterocycles. The van der Waals surface area contributed by atoms with Crippen LogP contribution >= 0.6 is 0 Å². The smallest absolute Gasteiger partial charge is 0.418 e. The van der Waals surface area contributed by atoms with Crippen molar-refractivity contribution in [1.82, 2.24) is 4.90 Å². The van der Waals surface area contributed by atoms with Gasteiger partial charge in [-0.1, -0.05) is 12.1 Å². The fourth-order valence-corrected chi connectivity index (χ4v) is 2.68. The number of hydrogen-bond acceptors (Lipinski definition) is 5. The molecule has 2 amide bonds. The summed E-state index contributed by atoms with van der Waals surface area (Å²) in [6.45, 7) is 1.07. The molecule has 0 aromatic heterocycles. The summed E-state index contributed by atoms with van der Waals surface area (Å²) in [5.41, 5.74) is -1.94. The zero-order chi connectivity index (χ0) is 22.5. The number of carbonyl (C=O) groups excluding carboxylic acids is 2. The Morgan fingerprint density at radius 1 is 1.20 bits per heavy atom. The van der Waals surface area contributed by atoms with Crippen molar-refractivity contribution >= 4 is 23.2 Å². The van der Waals surface area contributed by atoms with Crippen molar-refractivity contribution in [2.75, 3.05) is 25.5 Å². The SMILES string of the molecule is CCN(CC(=O)Nc1ccccc1C(F)(F)F)C(=O)c1ccc(OC)c([N+](=O)[O-])c1. The molecule has 2 aromatic rings. The molecule has 0 fully saturated rings. The molecule has 2 rings (SSSR count). The summed E-state index contributed by atoms with van der Waals surface area (Å²) in [7, 11) is 1.24. The molecule has 11 heteroatoms. The molecule has 0 aliphatic carbocycles. The van der Waals surface area contributed by atoms with E-state index < -0.39 is 46.4 Å². The van der Waals surface area contributed by atoms with Crippen LogP contribution in [0.15, 0.2) is 42.5 Å². The van der Waals surface area contributed by atoms with Gasteiger partial charge >= 0.3 is 11.9 Å². The number of nitro groups is 1. The Morgan fingerprint density at radius 3 is 2.43 bits per heavy atom. The fraction of sp³-hybridized carbons (Fsp3) is 0.263. The second-order valence-corrected chi connectivity index (χ2v) is 6.05. The van der Waals surface area contributed by atoms with Gasteiger partial charge in [0.25, 0.3) is 5.91 Å². The molecule has 1 N–H and O–H groups in total. The maximum Gasteiger partial charge on any atom is 0.418 e. The molecule has 160 valence electrons. The highest BCUT2D eigenvalue weighted by atomic mass is 19.4. The van der Waals surface area contributed by atoms with E-state index in [0.717, 1.165) is 23.1 Å². The van der Waals surface area contributed by atoms with Gasteiger partial charge in [-0.3, -0.25) is 19.7 Å². The van der Waals surface area contributed by atoms with Crippen LogP contribution in [-0.4, -0.2) is 41.8 Å². The summed E-state index contributed by atoms with van der Waals surface area (Å²) < 4.78 is 44.1. The molecule has 0 saturated heterocycles. The number of alkyl halides is 3. The quantitative estimate of drug-likeness (QED) is 0.538. The van der Waals surface area contributed by atoms with Crippen LogP contribution in [0.1, 0.15) is 22.8 Å². The standard InChI is InChI=1S/C19H18F3N3O5/c1-3-24(18(27)12-8-9-16(30-2)15(10-12)25(28)29)11-17(26)23-14-7-5-4-6-13(14)19(20,21)22/h4-10H,3,11H2,1-2H3,(H,23,26). The Hall–Kier alpha value is -3.63. The van der Waals surface area contributed by atoms with Crippen molar-refractivity contribution in [1.29, 1.82) is 0 Å². The average Bonchev–Trinajstić information content (AvgIpc) is 2.70. The number of halogens is 3. The summed E-state index contributed by atoms with van der Waals surface area (Å²) >= 11 is 0. The Bertz CT molecular complexity index is 963. The average molecular weight is 425 g/mol. The number of anilines is 1. The Balaban J connectivity index is 2.20. The lowest BCUT2D eigenvalue weighted by Gasteiger charge is -2.21. The molecule has 0 aliphatic heterocycles. The highest BCUT2D eigenvalue weighted by Crippen LogP contribution is 2.34. The van der Waals surface area contributed by atoms with Crippen molar-refractivity contribution in [3.8, 4) is 5.75 Å². The van der Waals surface area contributed by atoms with Gasteiger partial charge in [-0.15, -0.1) is 0 Å². The first-order valence-electron chi connectivity index (χ1n) is 8.66. The number of para-hydroxylation sites is 1. The lowest BCUT2D eigenvalue weighted by Crippen LogP contribution is -2.38. The highest BCUT2D eigenvalue weighted by molar-refractivity contribution is 6.00. The normalized spacial score (nSPS) is 11.0. The van der Waals surface area contributed by atoms with Gasteiger partial charge in [0, 0.05) is 18.2 Å². The zero-order valence-electron chi connectivity index (χ0n) is 16.0. The molecule has 8 nitrogen and oxygen atoms in total. The van der Waals surface area contributed by atoms with Crippen molar-refractivity contribution in [2.45, 2.75) is 13.1 Å². The van der Waals surface area contributed by atoms with Crippen molar-refractivity contribution in [2.24, 2.45) is 0 Å². The van der Waals surface area contributed by atoms with Gasteiger partial charge < -0.3 is 15.0 Å². The molecular formula is C19H18F3N3O5. The Labute approximate surface area is 169 Å². The monoisotopic (exact) mass is 425 g/mol. The van der Waals surface area contributed by atoms with E-state index in [-0.39, 0.29) is 17.9 Å². The fourth-order valence-electron chi connectivity index (χ4n) is 2.68.